The minimum absolute atomic E-state index is 0.128. The highest BCUT2D eigenvalue weighted by Gasteiger charge is 2.21. The van der Waals surface area contributed by atoms with Crippen LogP contribution in [0.25, 0.3) is 0 Å². The van der Waals surface area contributed by atoms with Crippen molar-refractivity contribution in [2.24, 2.45) is 0 Å². The fourth-order valence-corrected chi connectivity index (χ4v) is 2.40. The Kier molecular flexibility index (Phi) is 4.76. The van der Waals surface area contributed by atoms with E-state index < -0.39 is 12.0 Å². The van der Waals surface area contributed by atoms with Crippen molar-refractivity contribution < 1.29 is 9.90 Å². The highest BCUT2D eigenvalue weighted by Crippen LogP contribution is 2.26. The summed E-state index contributed by atoms with van der Waals surface area (Å²) >= 11 is 0. The van der Waals surface area contributed by atoms with E-state index in [0.717, 1.165) is 16.7 Å². The standard InChI is InChI=1S/C18H21NO2/c1-12-9-10-13(2)16(11-12)17(19-14(3)18(20)21)15-7-5-4-6-8-15/h4-11,14,17,19H,1-3H3,(H,20,21). The molecule has 2 aromatic rings. The Bertz CT molecular complexity index is 622. The lowest BCUT2D eigenvalue weighted by atomic mass is 9.93. The number of carboxylic acid groups (broad SMARTS) is 1. The average Bonchev–Trinajstić information content (AvgIpc) is 2.48. The first-order valence-electron chi connectivity index (χ1n) is 7.10. The molecule has 0 aliphatic heterocycles. The number of carboxylic acids is 1. The van der Waals surface area contributed by atoms with Crippen LogP contribution in [-0.2, 0) is 4.79 Å². The summed E-state index contributed by atoms with van der Waals surface area (Å²) < 4.78 is 0. The van der Waals surface area contributed by atoms with E-state index in [9.17, 15) is 9.90 Å². The minimum Gasteiger partial charge on any atom is -0.480 e. The summed E-state index contributed by atoms with van der Waals surface area (Å²) in [5, 5.41) is 12.4. The maximum absolute atomic E-state index is 11.2. The smallest absolute Gasteiger partial charge is 0.320 e. The number of nitrogens with one attached hydrogen (secondary N) is 1. The van der Waals surface area contributed by atoms with Gasteiger partial charge < -0.3 is 5.11 Å². The van der Waals surface area contributed by atoms with Gasteiger partial charge in [-0.05, 0) is 37.5 Å². The lowest BCUT2D eigenvalue weighted by molar-refractivity contribution is -0.139. The third-order valence-electron chi connectivity index (χ3n) is 3.67. The molecule has 0 fully saturated rings. The lowest BCUT2D eigenvalue weighted by Gasteiger charge is -2.24. The van der Waals surface area contributed by atoms with Crippen molar-refractivity contribution in [1.29, 1.82) is 0 Å². The quantitative estimate of drug-likeness (QED) is 0.883. The fourth-order valence-electron chi connectivity index (χ4n) is 2.40. The van der Waals surface area contributed by atoms with Crippen LogP contribution in [0.1, 0.15) is 35.2 Å². The summed E-state index contributed by atoms with van der Waals surface area (Å²) in [4.78, 5) is 11.2. The summed E-state index contributed by atoms with van der Waals surface area (Å²) in [6.45, 7) is 5.77. The van der Waals surface area contributed by atoms with Crippen LogP contribution < -0.4 is 5.32 Å². The molecule has 21 heavy (non-hydrogen) atoms. The summed E-state index contributed by atoms with van der Waals surface area (Å²) in [6, 6.07) is 15.5. The van der Waals surface area contributed by atoms with Crippen molar-refractivity contribution >= 4 is 5.97 Å². The van der Waals surface area contributed by atoms with Gasteiger partial charge in [-0.2, -0.15) is 0 Å². The van der Waals surface area contributed by atoms with E-state index in [4.69, 9.17) is 0 Å². The van der Waals surface area contributed by atoms with Gasteiger partial charge in [-0.3, -0.25) is 10.1 Å². The Balaban J connectivity index is 2.45. The molecule has 2 atom stereocenters. The van der Waals surface area contributed by atoms with Crippen molar-refractivity contribution in [1.82, 2.24) is 5.32 Å². The number of hydrogen-bond acceptors (Lipinski definition) is 2. The van der Waals surface area contributed by atoms with E-state index >= 15 is 0 Å². The molecule has 2 aromatic carbocycles. The number of benzene rings is 2. The van der Waals surface area contributed by atoms with Gasteiger partial charge in [0, 0.05) is 0 Å². The molecular formula is C18H21NO2. The average molecular weight is 283 g/mol. The maximum atomic E-state index is 11.2. The van der Waals surface area contributed by atoms with Gasteiger partial charge in [0.25, 0.3) is 0 Å². The molecule has 0 amide bonds. The normalized spacial score (nSPS) is 13.7. The topological polar surface area (TPSA) is 49.3 Å². The Morgan fingerprint density at radius 1 is 1.10 bits per heavy atom. The second-order valence-corrected chi connectivity index (χ2v) is 5.43. The first-order valence-corrected chi connectivity index (χ1v) is 7.10. The lowest BCUT2D eigenvalue weighted by Crippen LogP contribution is -2.37. The molecule has 0 saturated heterocycles. The van der Waals surface area contributed by atoms with Crippen LogP contribution >= 0.6 is 0 Å². The van der Waals surface area contributed by atoms with Crippen LogP contribution in [0, 0.1) is 13.8 Å². The summed E-state index contributed by atoms with van der Waals surface area (Å²) in [5.74, 6) is -0.846. The summed E-state index contributed by atoms with van der Waals surface area (Å²) in [7, 11) is 0. The van der Waals surface area contributed by atoms with Crippen molar-refractivity contribution in [3.05, 3.63) is 70.8 Å². The number of aryl methyl sites for hydroxylation is 2. The Morgan fingerprint density at radius 2 is 1.76 bits per heavy atom. The molecule has 0 spiro atoms. The molecule has 0 saturated carbocycles. The van der Waals surface area contributed by atoms with Gasteiger partial charge >= 0.3 is 5.97 Å². The molecule has 2 unspecified atom stereocenters. The Labute approximate surface area is 125 Å². The highest BCUT2D eigenvalue weighted by molar-refractivity contribution is 5.73. The molecule has 0 heterocycles. The fraction of sp³-hybridized carbons (Fsp3) is 0.278. The SMILES string of the molecule is Cc1ccc(C)c(C(NC(C)C(=O)O)c2ccccc2)c1. The molecule has 110 valence electrons. The molecule has 0 aliphatic rings. The van der Waals surface area contributed by atoms with Crippen LogP contribution in [0.4, 0.5) is 0 Å². The van der Waals surface area contributed by atoms with Gasteiger partial charge in [0.1, 0.15) is 6.04 Å². The van der Waals surface area contributed by atoms with Crippen molar-refractivity contribution in [2.75, 3.05) is 0 Å². The molecule has 2 N–H and O–H groups in total. The minimum atomic E-state index is -0.846. The van der Waals surface area contributed by atoms with Gasteiger partial charge in [-0.1, -0.05) is 54.1 Å². The Hall–Kier alpha value is -2.13. The first kappa shape index (κ1) is 15.3. The predicted octanol–water partition coefficient (Wildman–Crippen LogP) is 3.46. The number of hydrogen-bond donors (Lipinski definition) is 2. The van der Waals surface area contributed by atoms with Crippen LogP contribution in [0.2, 0.25) is 0 Å². The molecule has 0 aromatic heterocycles. The van der Waals surface area contributed by atoms with Crippen molar-refractivity contribution in [3.8, 4) is 0 Å². The first-order chi connectivity index (χ1) is 9.99. The van der Waals surface area contributed by atoms with Crippen molar-refractivity contribution in [3.63, 3.8) is 0 Å². The zero-order valence-corrected chi connectivity index (χ0v) is 12.6. The molecule has 0 radical (unpaired) electrons. The zero-order chi connectivity index (χ0) is 15.4. The molecule has 0 bridgehead atoms. The van der Waals surface area contributed by atoms with E-state index in [1.54, 1.807) is 6.92 Å². The maximum Gasteiger partial charge on any atom is 0.320 e. The van der Waals surface area contributed by atoms with Gasteiger partial charge in [0.05, 0.1) is 6.04 Å². The summed E-state index contributed by atoms with van der Waals surface area (Å²) in [6.07, 6.45) is 0. The van der Waals surface area contributed by atoms with Crippen LogP contribution in [0.5, 0.6) is 0 Å². The number of rotatable bonds is 5. The number of aliphatic carboxylic acids is 1. The molecule has 3 nitrogen and oxygen atoms in total. The van der Waals surface area contributed by atoms with Crippen molar-refractivity contribution in [2.45, 2.75) is 32.9 Å². The second-order valence-electron chi connectivity index (χ2n) is 5.43. The highest BCUT2D eigenvalue weighted by atomic mass is 16.4. The van der Waals surface area contributed by atoms with E-state index in [1.807, 2.05) is 37.3 Å². The van der Waals surface area contributed by atoms with Crippen LogP contribution in [-0.4, -0.2) is 17.1 Å². The third kappa shape index (κ3) is 3.70. The van der Waals surface area contributed by atoms with E-state index in [2.05, 4.69) is 30.4 Å². The van der Waals surface area contributed by atoms with Crippen LogP contribution in [0.15, 0.2) is 48.5 Å². The zero-order valence-electron chi connectivity index (χ0n) is 12.6. The molecule has 2 rings (SSSR count). The van der Waals surface area contributed by atoms with E-state index in [1.165, 1.54) is 5.56 Å². The second kappa shape index (κ2) is 6.55. The van der Waals surface area contributed by atoms with Gasteiger partial charge in [0.2, 0.25) is 0 Å². The molecule has 3 heteroatoms. The molecule has 0 aliphatic carbocycles. The third-order valence-corrected chi connectivity index (χ3v) is 3.67. The monoisotopic (exact) mass is 283 g/mol. The predicted molar refractivity (Wildman–Crippen MR) is 84.4 cm³/mol. The van der Waals surface area contributed by atoms with E-state index in [-0.39, 0.29) is 6.04 Å². The van der Waals surface area contributed by atoms with Gasteiger partial charge in [-0.25, -0.2) is 0 Å². The molecular weight excluding hydrogens is 262 g/mol. The van der Waals surface area contributed by atoms with E-state index in [0.29, 0.717) is 0 Å². The summed E-state index contributed by atoms with van der Waals surface area (Å²) in [5.41, 5.74) is 4.51. The van der Waals surface area contributed by atoms with Gasteiger partial charge in [-0.15, -0.1) is 0 Å². The number of carbonyl (C=O) groups is 1. The Morgan fingerprint density at radius 3 is 2.38 bits per heavy atom. The van der Waals surface area contributed by atoms with Gasteiger partial charge in [0.15, 0.2) is 0 Å². The largest absolute Gasteiger partial charge is 0.480 e. The van der Waals surface area contributed by atoms with Crippen LogP contribution in [0.3, 0.4) is 0 Å².